The highest BCUT2D eigenvalue weighted by Crippen LogP contribution is 2.23. The molecule has 1 saturated heterocycles. The standard InChI is InChI=1S/C78H131N13O13/c1-21-22-36-91(78(103)68(56(13)92)83-72(97)63(44-53(8)9)87(18)74(99)59(42-51(4)5)80-71(96)64(45-57-32-26-23-27-33-57)85(16)55(12)41-50(2)3)48-67(94)86(17)62(43-52(6)7)70(95)82-61(49-104-40-39-84(14)15)75(100)88(19)65(46-58-34-28-24-29-35-58)77(102)89(20)69(54(10)11)73(98)81-60(47-66(79)93)76(101)90-37-30-25-31-38-90/h23-24,26-29,32-35,50-56,59-65,68-69,92H,21-22,25,30-31,36-49H2,1-20H3,(H2,79,93)(H,80,96)(H,81,98)(H,82,95)(H,83,97)/t55-,56-,59+,60+,61+,62+,63+,64+,65+,68?,69?/m1/s1. The number of amides is 11. The minimum Gasteiger partial charge on any atom is -0.391 e. The van der Waals surface area contributed by atoms with Gasteiger partial charge in [0, 0.05) is 66.8 Å². The van der Waals surface area contributed by atoms with Crippen molar-refractivity contribution in [1.82, 2.24) is 60.5 Å². The number of hydrogen-bond acceptors (Lipinski definition) is 15. The minimum atomic E-state index is -1.61. The molecule has 0 aromatic heterocycles. The highest BCUT2D eigenvalue weighted by Gasteiger charge is 2.43. The van der Waals surface area contributed by atoms with Crippen LogP contribution in [0.5, 0.6) is 0 Å². The van der Waals surface area contributed by atoms with Gasteiger partial charge in [0.2, 0.25) is 65.0 Å². The van der Waals surface area contributed by atoms with Crippen molar-refractivity contribution in [2.75, 3.05) is 95.3 Å². The van der Waals surface area contributed by atoms with Crippen LogP contribution in [0.1, 0.15) is 165 Å². The van der Waals surface area contributed by atoms with Crippen LogP contribution < -0.4 is 27.0 Å². The Labute approximate surface area is 621 Å². The van der Waals surface area contributed by atoms with E-state index in [1.165, 1.54) is 59.6 Å². The predicted octanol–water partition coefficient (Wildman–Crippen LogP) is 4.72. The van der Waals surface area contributed by atoms with Gasteiger partial charge >= 0.3 is 0 Å². The van der Waals surface area contributed by atoms with Crippen LogP contribution in [0.2, 0.25) is 0 Å². The number of primary amides is 1. The first-order chi connectivity index (χ1) is 48.8. The van der Waals surface area contributed by atoms with E-state index >= 15 is 19.2 Å². The molecule has 0 radical (unpaired) electrons. The average molecular weight is 1460 g/mol. The topological polar surface area (TPSA) is 317 Å². The molecule has 0 saturated carbocycles. The van der Waals surface area contributed by atoms with E-state index in [2.05, 4.69) is 46.9 Å². The van der Waals surface area contributed by atoms with Crippen LogP contribution in [0.3, 0.4) is 0 Å². The summed E-state index contributed by atoms with van der Waals surface area (Å²) in [6.07, 6.45) is 3.14. The average Bonchev–Trinajstić information content (AvgIpc) is 0.810. The van der Waals surface area contributed by atoms with Crippen molar-refractivity contribution >= 4 is 65.0 Å². The molecule has 1 aliphatic rings. The normalized spacial score (nSPS) is 15.8. The number of nitrogens with one attached hydrogen (secondary N) is 4. The number of nitrogens with zero attached hydrogens (tertiary/aromatic N) is 8. The molecule has 104 heavy (non-hydrogen) atoms. The first kappa shape index (κ1) is 90.7. The van der Waals surface area contributed by atoms with Gasteiger partial charge in [-0.2, -0.15) is 0 Å². The molecule has 26 nitrogen and oxygen atoms in total. The molecule has 2 unspecified atom stereocenters. The zero-order chi connectivity index (χ0) is 78.4. The number of hydrogen-bond donors (Lipinski definition) is 6. The second-order valence-electron chi connectivity index (χ2n) is 31.0. The van der Waals surface area contributed by atoms with Gasteiger partial charge in [-0.3, -0.25) is 57.6 Å². The molecule has 26 heteroatoms. The Kier molecular flexibility index (Phi) is 39.3. The van der Waals surface area contributed by atoms with E-state index in [0.717, 1.165) is 31.2 Å². The molecule has 1 heterocycles. The molecule has 7 N–H and O–H groups in total. The molecule has 586 valence electrons. The van der Waals surface area contributed by atoms with Crippen molar-refractivity contribution < 1.29 is 62.6 Å². The maximum absolute atomic E-state index is 15.3. The predicted molar refractivity (Wildman–Crippen MR) is 405 cm³/mol. The maximum Gasteiger partial charge on any atom is 0.248 e. The molecule has 11 atom stereocenters. The molecule has 0 bridgehead atoms. The van der Waals surface area contributed by atoms with Gasteiger partial charge in [-0.25, -0.2) is 0 Å². The van der Waals surface area contributed by atoms with E-state index in [9.17, 15) is 38.7 Å². The lowest BCUT2D eigenvalue weighted by Gasteiger charge is -2.38. The lowest BCUT2D eigenvalue weighted by Crippen LogP contribution is -2.62. The monoisotopic (exact) mass is 1460 g/mol. The van der Waals surface area contributed by atoms with Gasteiger partial charge in [-0.1, -0.05) is 143 Å². The van der Waals surface area contributed by atoms with Crippen LogP contribution in [0.4, 0.5) is 0 Å². The molecular weight excluding hydrogens is 1330 g/mol. The number of likely N-dealkylation sites (tertiary alicyclic amines) is 1. The molecular formula is C78H131N13O13. The summed E-state index contributed by atoms with van der Waals surface area (Å²) in [5.74, 6) is -7.77. The minimum absolute atomic E-state index is 0.0121. The Morgan fingerprint density at radius 2 is 0.990 bits per heavy atom. The number of aliphatic hydroxyl groups is 1. The lowest BCUT2D eigenvalue weighted by atomic mass is 9.96. The van der Waals surface area contributed by atoms with Crippen molar-refractivity contribution in [2.45, 2.75) is 234 Å². The first-order valence-corrected chi connectivity index (χ1v) is 37.7. The maximum atomic E-state index is 15.3. The summed E-state index contributed by atoms with van der Waals surface area (Å²) < 4.78 is 6.08. The fourth-order valence-corrected chi connectivity index (χ4v) is 13.3. The van der Waals surface area contributed by atoms with Crippen molar-refractivity contribution in [3.05, 3.63) is 71.8 Å². The van der Waals surface area contributed by atoms with Crippen LogP contribution in [0.15, 0.2) is 60.7 Å². The summed E-state index contributed by atoms with van der Waals surface area (Å²) >= 11 is 0. The molecule has 1 fully saturated rings. The summed E-state index contributed by atoms with van der Waals surface area (Å²) in [6.45, 7) is 24.9. The number of rotatable bonds is 45. The summed E-state index contributed by atoms with van der Waals surface area (Å²) in [7, 11) is 11.4. The number of ether oxygens (including phenoxy) is 1. The van der Waals surface area contributed by atoms with Gasteiger partial charge in [-0.05, 0) is 133 Å². The smallest absolute Gasteiger partial charge is 0.248 e. The Morgan fingerprint density at radius 3 is 1.48 bits per heavy atom. The van der Waals surface area contributed by atoms with E-state index < -0.39 is 138 Å². The molecule has 1 aliphatic heterocycles. The molecule has 11 amide bonds. The van der Waals surface area contributed by atoms with Gasteiger partial charge in [-0.15, -0.1) is 0 Å². The summed E-state index contributed by atoms with van der Waals surface area (Å²) in [5.41, 5.74) is 7.23. The van der Waals surface area contributed by atoms with Gasteiger partial charge < -0.3 is 71.1 Å². The molecule has 2 aromatic rings. The van der Waals surface area contributed by atoms with Crippen molar-refractivity contribution in [2.24, 2.45) is 35.3 Å². The third kappa shape index (κ3) is 29.4. The van der Waals surface area contributed by atoms with Gasteiger partial charge in [0.1, 0.15) is 48.3 Å². The highest BCUT2D eigenvalue weighted by atomic mass is 16.5. The molecule has 3 rings (SSSR count). The SMILES string of the molecule is CCCCN(CC(=O)N(C)[C@@H](CC(C)C)C(=O)N[C@@H](COCCN(C)C)C(=O)N(C)[C@@H](Cc1ccccc1)C(=O)N(C)C(C(=O)N[C@@H](CC(N)=O)C(=O)N1CCCCC1)C(C)C)C(=O)C(NC(=O)[C@H](CC(C)C)N(C)C(=O)[C@H](CC(C)C)NC(=O)[C@H](Cc1ccccc1)N(C)[C@H](C)CC(C)C)[C@@H](C)O. The summed E-state index contributed by atoms with van der Waals surface area (Å²) in [5, 5.41) is 22.9. The lowest BCUT2D eigenvalue weighted by molar-refractivity contribution is -0.151. The molecule has 2 aromatic carbocycles. The number of aliphatic hydroxyl groups excluding tert-OH is 1. The Hall–Kier alpha value is -7.55. The third-order valence-corrected chi connectivity index (χ3v) is 19.3. The summed E-state index contributed by atoms with van der Waals surface area (Å²) in [6, 6.07) is 7.68. The van der Waals surface area contributed by atoms with Crippen molar-refractivity contribution in [3.8, 4) is 0 Å². The summed E-state index contributed by atoms with van der Waals surface area (Å²) in [4.78, 5) is 172. The van der Waals surface area contributed by atoms with E-state index in [0.29, 0.717) is 50.4 Å². The zero-order valence-corrected chi connectivity index (χ0v) is 66.4. The Morgan fingerprint density at radius 1 is 0.519 bits per heavy atom. The number of unbranched alkanes of at least 4 members (excludes halogenated alkanes) is 1. The molecule has 0 aliphatic carbocycles. The fraction of sp³-hybridized carbons (Fsp3) is 0.705. The second-order valence-corrected chi connectivity index (χ2v) is 31.0. The number of nitrogens with two attached hydrogens (primary N) is 1. The zero-order valence-electron chi connectivity index (χ0n) is 66.4. The van der Waals surface area contributed by atoms with E-state index in [1.807, 2.05) is 105 Å². The molecule has 0 spiro atoms. The van der Waals surface area contributed by atoms with Crippen LogP contribution in [-0.4, -0.2) is 271 Å². The van der Waals surface area contributed by atoms with Gasteiger partial charge in [0.15, 0.2) is 0 Å². The van der Waals surface area contributed by atoms with Gasteiger partial charge in [0.25, 0.3) is 0 Å². The number of carbonyl (C=O) groups is 11. The Bertz CT molecular complexity index is 3040. The fourth-order valence-electron chi connectivity index (χ4n) is 13.3. The van der Waals surface area contributed by atoms with Crippen LogP contribution in [-0.2, 0) is 70.3 Å². The van der Waals surface area contributed by atoms with Gasteiger partial charge in [0.05, 0.1) is 38.3 Å². The van der Waals surface area contributed by atoms with E-state index in [-0.39, 0.29) is 75.1 Å². The van der Waals surface area contributed by atoms with E-state index in [1.54, 1.807) is 49.1 Å². The number of carbonyl (C=O) groups excluding carboxylic acids is 11. The highest BCUT2D eigenvalue weighted by molar-refractivity contribution is 5.99. The quantitative estimate of drug-likeness (QED) is 0.0489. The van der Waals surface area contributed by atoms with Crippen LogP contribution in [0, 0.1) is 29.6 Å². The Balaban J connectivity index is 2.03. The number of piperidine rings is 1. The van der Waals surface area contributed by atoms with Crippen LogP contribution >= 0.6 is 0 Å². The van der Waals surface area contributed by atoms with E-state index in [4.69, 9.17) is 10.5 Å². The first-order valence-electron chi connectivity index (χ1n) is 37.7. The second kappa shape index (κ2) is 45.1. The number of benzene rings is 2. The van der Waals surface area contributed by atoms with Crippen LogP contribution in [0.25, 0.3) is 0 Å². The third-order valence-electron chi connectivity index (χ3n) is 19.3. The van der Waals surface area contributed by atoms with Crippen molar-refractivity contribution in [1.29, 1.82) is 0 Å². The largest absolute Gasteiger partial charge is 0.391 e. The van der Waals surface area contributed by atoms with Crippen molar-refractivity contribution in [3.63, 3.8) is 0 Å². The number of likely N-dealkylation sites (N-methyl/N-ethyl adjacent to an activating group) is 6.